The molecule has 2 rings (SSSR count). The zero-order chi connectivity index (χ0) is 18.6. The predicted octanol–water partition coefficient (Wildman–Crippen LogP) is 3.84. The van der Waals surface area contributed by atoms with Crippen LogP contribution in [0.25, 0.3) is 0 Å². The molecular formula is C18H19ClFNO3S. The van der Waals surface area contributed by atoms with Crippen molar-refractivity contribution in [3.63, 3.8) is 0 Å². The average molecular weight is 384 g/mol. The number of rotatable bonds is 6. The number of carbonyl (C=O) groups excluding carboxylic acids is 1. The molecule has 0 spiro atoms. The number of sulfone groups is 1. The lowest BCUT2D eigenvalue weighted by atomic mass is 10.2. The van der Waals surface area contributed by atoms with Gasteiger partial charge in [-0.15, -0.1) is 0 Å². The zero-order valence-corrected chi connectivity index (χ0v) is 15.5. The second-order valence-electron chi connectivity index (χ2n) is 5.57. The Balaban J connectivity index is 2.28. The van der Waals surface area contributed by atoms with Crippen molar-refractivity contribution in [1.82, 2.24) is 0 Å². The van der Waals surface area contributed by atoms with Crippen molar-refractivity contribution in [1.29, 1.82) is 0 Å². The molecule has 0 saturated carbocycles. The van der Waals surface area contributed by atoms with Crippen molar-refractivity contribution in [2.24, 2.45) is 0 Å². The van der Waals surface area contributed by atoms with Gasteiger partial charge in [0, 0.05) is 22.8 Å². The van der Waals surface area contributed by atoms with Crippen molar-refractivity contribution in [3.05, 3.63) is 64.9 Å². The summed E-state index contributed by atoms with van der Waals surface area (Å²) < 4.78 is 39.1. The van der Waals surface area contributed by atoms with Crippen molar-refractivity contribution < 1.29 is 17.6 Å². The minimum atomic E-state index is -3.94. The number of para-hydroxylation sites is 1. The summed E-state index contributed by atoms with van der Waals surface area (Å²) in [5, 5.41) is -1.29. The highest BCUT2D eigenvalue weighted by Gasteiger charge is 2.33. The van der Waals surface area contributed by atoms with Gasteiger partial charge in [0.05, 0.1) is 5.75 Å². The summed E-state index contributed by atoms with van der Waals surface area (Å²) in [5.74, 6) is -1.88. The summed E-state index contributed by atoms with van der Waals surface area (Å²) in [6, 6.07) is 12.8. The Morgan fingerprint density at radius 1 is 1.16 bits per heavy atom. The lowest BCUT2D eigenvalue weighted by Crippen LogP contribution is -2.42. The van der Waals surface area contributed by atoms with Crippen LogP contribution in [0.15, 0.2) is 48.5 Å². The van der Waals surface area contributed by atoms with Gasteiger partial charge in [-0.2, -0.15) is 0 Å². The van der Waals surface area contributed by atoms with E-state index in [4.69, 9.17) is 11.6 Å². The molecule has 0 aliphatic heterocycles. The first-order chi connectivity index (χ1) is 11.8. The summed E-state index contributed by atoms with van der Waals surface area (Å²) in [7, 11) is -3.94. The van der Waals surface area contributed by atoms with E-state index in [0.717, 1.165) is 6.07 Å². The predicted molar refractivity (Wildman–Crippen MR) is 98.0 cm³/mol. The van der Waals surface area contributed by atoms with Crippen LogP contribution in [0.3, 0.4) is 0 Å². The number of amides is 1. The van der Waals surface area contributed by atoms with E-state index in [1.54, 1.807) is 31.2 Å². The smallest absolute Gasteiger partial charge is 0.245 e. The number of anilines is 1. The maximum absolute atomic E-state index is 13.9. The second kappa shape index (κ2) is 7.97. The molecule has 0 radical (unpaired) electrons. The third-order valence-corrected chi connectivity index (χ3v) is 6.27. The molecule has 0 N–H and O–H groups in total. The molecule has 0 fully saturated rings. The number of benzene rings is 2. The number of halogens is 2. The fourth-order valence-corrected chi connectivity index (χ4v) is 4.13. The molecule has 1 atom stereocenters. The molecule has 0 aliphatic carbocycles. The van der Waals surface area contributed by atoms with E-state index in [0.29, 0.717) is 12.2 Å². The number of nitrogens with zero attached hydrogens (tertiary/aromatic N) is 1. The van der Waals surface area contributed by atoms with Gasteiger partial charge in [-0.05, 0) is 38.1 Å². The van der Waals surface area contributed by atoms with E-state index in [1.807, 2.05) is 6.07 Å². The van der Waals surface area contributed by atoms with Crippen molar-refractivity contribution in [2.75, 3.05) is 11.4 Å². The molecule has 134 valence electrons. The first kappa shape index (κ1) is 19.4. The Morgan fingerprint density at radius 3 is 2.36 bits per heavy atom. The minimum Gasteiger partial charge on any atom is -0.312 e. The van der Waals surface area contributed by atoms with Gasteiger partial charge in [0.15, 0.2) is 9.84 Å². The Kier molecular flexibility index (Phi) is 6.19. The van der Waals surface area contributed by atoms with Crippen LogP contribution in [0.4, 0.5) is 10.1 Å². The third kappa shape index (κ3) is 4.38. The largest absolute Gasteiger partial charge is 0.312 e. The van der Waals surface area contributed by atoms with Gasteiger partial charge in [0.25, 0.3) is 0 Å². The number of carbonyl (C=O) groups is 1. The minimum absolute atomic E-state index is 0.0265. The summed E-state index contributed by atoms with van der Waals surface area (Å²) in [4.78, 5) is 14.1. The summed E-state index contributed by atoms with van der Waals surface area (Å²) in [6.45, 7) is 3.40. The Labute approximate surface area is 152 Å². The van der Waals surface area contributed by atoms with Gasteiger partial charge in [0.2, 0.25) is 5.91 Å². The lowest BCUT2D eigenvalue weighted by molar-refractivity contribution is -0.117. The van der Waals surface area contributed by atoms with Crippen LogP contribution in [0.5, 0.6) is 0 Å². The van der Waals surface area contributed by atoms with Crippen LogP contribution in [0, 0.1) is 5.82 Å². The summed E-state index contributed by atoms with van der Waals surface area (Å²) in [6.07, 6.45) is 0. The molecule has 0 aromatic heterocycles. The normalized spacial score (nSPS) is 12.6. The van der Waals surface area contributed by atoms with Crippen LogP contribution in [-0.2, 0) is 20.4 Å². The third-order valence-electron chi connectivity index (χ3n) is 3.94. The highest BCUT2D eigenvalue weighted by atomic mass is 35.5. The Bertz CT molecular complexity index is 836. The molecule has 0 aliphatic rings. The van der Waals surface area contributed by atoms with Gasteiger partial charge in [-0.3, -0.25) is 4.79 Å². The van der Waals surface area contributed by atoms with Crippen LogP contribution >= 0.6 is 11.6 Å². The van der Waals surface area contributed by atoms with E-state index >= 15 is 0 Å². The van der Waals surface area contributed by atoms with Crippen LogP contribution in [0.2, 0.25) is 5.02 Å². The number of hydrogen-bond donors (Lipinski definition) is 0. The van der Waals surface area contributed by atoms with E-state index in [2.05, 4.69) is 0 Å². The van der Waals surface area contributed by atoms with Crippen LogP contribution in [-0.4, -0.2) is 26.1 Å². The van der Waals surface area contributed by atoms with Gasteiger partial charge in [-0.25, -0.2) is 12.8 Å². The molecule has 1 amide bonds. The molecule has 0 heterocycles. The maximum Gasteiger partial charge on any atom is 0.245 e. The summed E-state index contributed by atoms with van der Waals surface area (Å²) in [5.41, 5.74) is 0.493. The molecule has 2 aromatic rings. The highest BCUT2D eigenvalue weighted by Crippen LogP contribution is 2.24. The Hall–Kier alpha value is -1.92. The average Bonchev–Trinajstić information content (AvgIpc) is 2.59. The molecule has 4 nitrogen and oxygen atoms in total. The fourth-order valence-electron chi connectivity index (χ4n) is 2.44. The monoisotopic (exact) mass is 383 g/mol. The Morgan fingerprint density at radius 2 is 1.80 bits per heavy atom. The SMILES string of the molecule is CCN(C(=O)[C@@H](C)S(=O)(=O)Cc1c(F)cccc1Cl)c1ccccc1. The fraction of sp³-hybridized carbons (Fsp3) is 0.278. The topological polar surface area (TPSA) is 54.5 Å². The van der Waals surface area contributed by atoms with Crippen LogP contribution in [0.1, 0.15) is 19.4 Å². The molecule has 0 saturated heterocycles. The maximum atomic E-state index is 13.9. The molecule has 25 heavy (non-hydrogen) atoms. The molecule has 2 aromatic carbocycles. The van der Waals surface area contributed by atoms with Gasteiger partial charge in [-0.1, -0.05) is 35.9 Å². The van der Waals surface area contributed by atoms with E-state index < -0.39 is 32.6 Å². The molecule has 0 unspecified atom stereocenters. The van der Waals surface area contributed by atoms with Crippen LogP contribution < -0.4 is 4.90 Å². The molecular weight excluding hydrogens is 365 g/mol. The first-order valence-electron chi connectivity index (χ1n) is 7.78. The van der Waals surface area contributed by atoms with Gasteiger partial charge < -0.3 is 4.90 Å². The highest BCUT2D eigenvalue weighted by molar-refractivity contribution is 7.92. The van der Waals surface area contributed by atoms with Gasteiger partial charge in [0.1, 0.15) is 11.1 Å². The lowest BCUT2D eigenvalue weighted by Gasteiger charge is -2.24. The zero-order valence-electron chi connectivity index (χ0n) is 13.9. The second-order valence-corrected chi connectivity index (χ2v) is 8.30. The van der Waals surface area contributed by atoms with E-state index in [1.165, 1.54) is 24.0 Å². The number of hydrogen-bond acceptors (Lipinski definition) is 3. The van der Waals surface area contributed by atoms with Crippen molar-refractivity contribution in [3.8, 4) is 0 Å². The van der Waals surface area contributed by atoms with E-state index in [-0.39, 0.29) is 10.6 Å². The van der Waals surface area contributed by atoms with E-state index in [9.17, 15) is 17.6 Å². The van der Waals surface area contributed by atoms with Crippen molar-refractivity contribution >= 4 is 33.0 Å². The summed E-state index contributed by atoms with van der Waals surface area (Å²) >= 11 is 5.91. The van der Waals surface area contributed by atoms with Crippen molar-refractivity contribution in [2.45, 2.75) is 24.9 Å². The molecule has 0 bridgehead atoms. The van der Waals surface area contributed by atoms with Gasteiger partial charge >= 0.3 is 0 Å². The molecule has 7 heteroatoms. The first-order valence-corrected chi connectivity index (χ1v) is 9.88. The quantitative estimate of drug-likeness (QED) is 0.761. The standard InChI is InChI=1S/C18H19ClFNO3S/c1-3-21(14-8-5-4-6-9-14)18(22)13(2)25(23,24)12-15-16(19)10-7-11-17(15)20/h4-11,13H,3,12H2,1-2H3/t13-/m1/s1.